The number of rotatable bonds is 5. The predicted octanol–water partition coefficient (Wildman–Crippen LogP) is 4.14. The molecular weight excluding hydrogens is 512 g/mol. The van der Waals surface area contributed by atoms with Crippen molar-refractivity contribution >= 4 is 15.7 Å². The zero-order valence-electron chi connectivity index (χ0n) is 23.6. The van der Waals surface area contributed by atoms with Crippen LogP contribution in [0, 0.1) is 17.3 Å². The molecule has 3 atom stereocenters. The molecule has 2 aromatic carbocycles. The van der Waals surface area contributed by atoms with E-state index in [0.717, 1.165) is 50.0 Å². The van der Waals surface area contributed by atoms with Crippen molar-refractivity contribution in [3.8, 4) is 0 Å². The van der Waals surface area contributed by atoms with Crippen LogP contribution in [0.15, 0.2) is 59.5 Å². The van der Waals surface area contributed by atoms with Crippen molar-refractivity contribution < 1.29 is 23.1 Å². The van der Waals surface area contributed by atoms with E-state index in [-0.39, 0.29) is 18.4 Å². The molecule has 2 heterocycles. The van der Waals surface area contributed by atoms with Crippen LogP contribution in [-0.2, 0) is 32.5 Å². The van der Waals surface area contributed by atoms with Crippen molar-refractivity contribution in [3.05, 3.63) is 65.7 Å². The number of carbonyl (C=O) groups is 1. The molecule has 0 unspecified atom stereocenters. The Kier molecular flexibility index (Phi) is 9.86. The van der Waals surface area contributed by atoms with Gasteiger partial charge in [-0.25, -0.2) is 8.42 Å². The highest BCUT2D eigenvalue weighted by Gasteiger charge is 2.35. The largest absolute Gasteiger partial charge is 0.391 e. The summed E-state index contributed by atoms with van der Waals surface area (Å²) in [6.45, 7) is 8.44. The van der Waals surface area contributed by atoms with Gasteiger partial charge in [0.2, 0.25) is 5.91 Å². The second-order valence-electron chi connectivity index (χ2n) is 12.1. The summed E-state index contributed by atoms with van der Waals surface area (Å²) in [6, 6.07) is 17.2. The standard InChI is InChI=1S/C31H44N2O5S/c1-31(2)23-38-17-7-10-27-21-32(19-25-11-13-28(14-12-25)39(3,36)37)16-15-26(27)18-30(35)33(22-29(31)34)20-24-8-5-4-6-9-24/h4-6,8-9,11-14,26-27,29,34H,7,10,15-23H2,1-3H3/t26-,27-,29-/m0/s1. The molecule has 1 amide bonds. The van der Waals surface area contributed by atoms with Crippen LogP contribution in [-0.4, -0.2) is 74.4 Å². The fourth-order valence-electron chi connectivity index (χ4n) is 5.74. The molecule has 0 aromatic heterocycles. The van der Waals surface area contributed by atoms with Crippen LogP contribution in [0.4, 0.5) is 0 Å². The topological polar surface area (TPSA) is 87.2 Å². The second-order valence-corrected chi connectivity index (χ2v) is 14.1. The van der Waals surface area contributed by atoms with Gasteiger partial charge in [-0.15, -0.1) is 0 Å². The molecule has 0 saturated carbocycles. The van der Waals surface area contributed by atoms with Gasteiger partial charge in [-0.1, -0.05) is 56.3 Å². The molecule has 2 aliphatic rings. The Morgan fingerprint density at radius 2 is 1.64 bits per heavy atom. The number of aliphatic hydroxyl groups is 1. The number of amides is 1. The quantitative estimate of drug-likeness (QED) is 0.596. The molecule has 0 aliphatic carbocycles. The third kappa shape index (κ3) is 8.37. The summed E-state index contributed by atoms with van der Waals surface area (Å²) >= 11 is 0. The lowest BCUT2D eigenvalue weighted by Gasteiger charge is -2.39. The fraction of sp³-hybridized carbons (Fsp3) is 0.581. The number of sulfone groups is 1. The first-order valence-corrected chi connectivity index (χ1v) is 16.0. The van der Waals surface area contributed by atoms with Crippen molar-refractivity contribution in [2.45, 2.75) is 63.6 Å². The van der Waals surface area contributed by atoms with Crippen LogP contribution in [0.25, 0.3) is 0 Å². The van der Waals surface area contributed by atoms with Crippen LogP contribution < -0.4 is 0 Å². The Bertz CT molecular complexity index is 1180. The van der Waals surface area contributed by atoms with Gasteiger partial charge in [0.15, 0.2) is 9.84 Å². The lowest BCUT2D eigenvalue weighted by Crippen LogP contribution is -2.46. The number of carbonyl (C=O) groups excluding carboxylic acids is 1. The van der Waals surface area contributed by atoms with E-state index in [0.29, 0.717) is 37.0 Å². The Balaban J connectivity index is 1.47. The van der Waals surface area contributed by atoms with Crippen LogP contribution in [0.2, 0.25) is 0 Å². The second kappa shape index (κ2) is 12.9. The minimum Gasteiger partial charge on any atom is -0.391 e. The molecule has 8 heteroatoms. The smallest absolute Gasteiger partial charge is 0.223 e. The van der Waals surface area contributed by atoms with Crippen LogP contribution in [0.1, 0.15) is 50.7 Å². The number of benzene rings is 2. The summed E-state index contributed by atoms with van der Waals surface area (Å²) in [6.07, 6.45) is 3.88. The minimum absolute atomic E-state index is 0.105. The lowest BCUT2D eigenvalue weighted by molar-refractivity contribution is -0.137. The average molecular weight is 557 g/mol. The zero-order chi connectivity index (χ0) is 28.0. The summed E-state index contributed by atoms with van der Waals surface area (Å²) in [7, 11) is -3.21. The first-order chi connectivity index (χ1) is 18.5. The molecule has 0 bridgehead atoms. The number of likely N-dealkylation sites (tertiary alicyclic amines) is 1. The molecule has 4 rings (SSSR count). The molecule has 0 spiro atoms. The molecule has 2 aromatic rings. The highest BCUT2D eigenvalue weighted by Crippen LogP contribution is 2.33. The fourth-order valence-corrected chi connectivity index (χ4v) is 6.37. The van der Waals surface area contributed by atoms with Crippen molar-refractivity contribution in [1.82, 2.24) is 9.80 Å². The molecule has 0 radical (unpaired) electrons. The van der Waals surface area contributed by atoms with Crippen LogP contribution >= 0.6 is 0 Å². The van der Waals surface area contributed by atoms with Gasteiger partial charge >= 0.3 is 0 Å². The summed E-state index contributed by atoms with van der Waals surface area (Å²) in [5.74, 6) is 0.762. The van der Waals surface area contributed by atoms with Crippen molar-refractivity contribution in [1.29, 1.82) is 0 Å². The first kappa shape index (κ1) is 29.7. The number of fused-ring (bicyclic) bond motifs is 1. The van der Waals surface area contributed by atoms with E-state index in [9.17, 15) is 18.3 Å². The van der Waals surface area contributed by atoms with Gasteiger partial charge in [0, 0.05) is 50.9 Å². The maximum absolute atomic E-state index is 13.7. The van der Waals surface area contributed by atoms with Gasteiger partial charge < -0.3 is 14.7 Å². The third-order valence-corrected chi connectivity index (χ3v) is 9.50. The maximum Gasteiger partial charge on any atom is 0.223 e. The lowest BCUT2D eigenvalue weighted by atomic mass is 9.80. The molecule has 39 heavy (non-hydrogen) atoms. The van der Waals surface area contributed by atoms with Crippen molar-refractivity contribution in [2.24, 2.45) is 17.3 Å². The molecule has 1 N–H and O–H groups in total. The normalized spacial score (nSPS) is 25.7. The summed E-state index contributed by atoms with van der Waals surface area (Å²) in [4.78, 5) is 18.3. The number of hydrogen-bond donors (Lipinski definition) is 1. The van der Waals surface area contributed by atoms with E-state index >= 15 is 0 Å². The Morgan fingerprint density at radius 3 is 2.33 bits per heavy atom. The number of β-amino-alcohol motifs (C(OH)–C–C–N with tert-alkyl or cyclic N) is 1. The Morgan fingerprint density at radius 1 is 0.949 bits per heavy atom. The molecular formula is C31H44N2O5S. The SMILES string of the molecule is CC1(C)COCCC[C@H]2CN(Cc3ccc(S(C)(=O)=O)cc3)CC[C@H]2CC(=O)N(Cc2ccccc2)C[C@@H]1O. The van der Waals surface area contributed by atoms with Crippen LogP contribution in [0.5, 0.6) is 0 Å². The number of nitrogens with zero attached hydrogens (tertiary/aromatic N) is 2. The molecule has 2 aliphatic heterocycles. The van der Waals surface area contributed by atoms with E-state index < -0.39 is 21.4 Å². The van der Waals surface area contributed by atoms with Crippen LogP contribution in [0.3, 0.4) is 0 Å². The molecule has 214 valence electrons. The van der Waals surface area contributed by atoms with Crippen molar-refractivity contribution in [3.63, 3.8) is 0 Å². The number of hydrogen-bond acceptors (Lipinski definition) is 6. The number of ether oxygens (including phenoxy) is 1. The average Bonchev–Trinajstić information content (AvgIpc) is 2.89. The number of piperidine rings is 1. The van der Waals surface area contributed by atoms with Gasteiger partial charge in [-0.3, -0.25) is 9.69 Å². The van der Waals surface area contributed by atoms with Gasteiger partial charge in [0.05, 0.1) is 17.6 Å². The van der Waals surface area contributed by atoms with E-state index in [1.165, 1.54) is 6.26 Å². The van der Waals surface area contributed by atoms with Gasteiger partial charge in [0.1, 0.15) is 0 Å². The van der Waals surface area contributed by atoms with Crippen molar-refractivity contribution in [2.75, 3.05) is 39.1 Å². The molecule has 2 saturated heterocycles. The zero-order valence-corrected chi connectivity index (χ0v) is 24.4. The van der Waals surface area contributed by atoms with Gasteiger partial charge in [0.25, 0.3) is 0 Å². The van der Waals surface area contributed by atoms with E-state index in [1.54, 1.807) is 12.1 Å². The monoisotopic (exact) mass is 556 g/mol. The van der Waals surface area contributed by atoms with Gasteiger partial charge in [-0.2, -0.15) is 0 Å². The van der Waals surface area contributed by atoms with E-state index in [4.69, 9.17) is 4.74 Å². The van der Waals surface area contributed by atoms with Gasteiger partial charge in [-0.05, 0) is 60.9 Å². The Hall–Kier alpha value is -2.26. The summed E-state index contributed by atoms with van der Waals surface area (Å²) < 4.78 is 29.7. The molecule has 7 nitrogen and oxygen atoms in total. The third-order valence-electron chi connectivity index (χ3n) is 8.37. The summed E-state index contributed by atoms with van der Waals surface area (Å²) in [5, 5.41) is 11.1. The maximum atomic E-state index is 13.7. The minimum atomic E-state index is -3.21. The number of aliphatic hydroxyl groups excluding tert-OH is 1. The highest BCUT2D eigenvalue weighted by molar-refractivity contribution is 7.90. The molecule has 2 fully saturated rings. The Labute approximate surface area is 234 Å². The predicted molar refractivity (Wildman–Crippen MR) is 153 cm³/mol. The highest BCUT2D eigenvalue weighted by atomic mass is 32.2. The van der Waals surface area contributed by atoms with E-state index in [1.807, 2.05) is 61.2 Å². The van der Waals surface area contributed by atoms with E-state index in [2.05, 4.69) is 4.90 Å². The summed E-state index contributed by atoms with van der Waals surface area (Å²) in [5.41, 5.74) is 1.69. The first-order valence-electron chi connectivity index (χ1n) is 14.1.